The lowest BCUT2D eigenvalue weighted by Crippen LogP contribution is -2.75. The second kappa shape index (κ2) is 6.86. The molecule has 0 amide bonds. The molecule has 0 aromatic heterocycles. The Kier molecular flexibility index (Phi) is 6.42. The highest BCUT2D eigenvalue weighted by atomic mass is 127. The molecule has 25 heavy (non-hydrogen) atoms. The first-order chi connectivity index (χ1) is 11.1. The molecule has 1 aromatic rings. The van der Waals surface area contributed by atoms with Gasteiger partial charge in [0.2, 0.25) is 0 Å². The zero-order valence-electron chi connectivity index (χ0n) is 11.5. The molecule has 6 atom stereocenters. The normalized spacial score (nSPS) is 52.2. The quantitative estimate of drug-likeness (QED) is 0.180. The molecule has 0 spiro atoms. The van der Waals surface area contributed by atoms with Gasteiger partial charge in [0.1, 0.15) is 6.66 Å². The smallest absolute Gasteiger partial charge is 0.102 e. The Morgan fingerprint density at radius 1 is 0.760 bits per heavy atom. The molecule has 0 nitrogen and oxygen atoms in total. The molecular formula is C14H5Br6Cl4I. The predicted molar refractivity (Wildman–Crippen MR) is 141 cm³/mol. The number of hydrogen-bond donors (Lipinski definition) is 0. The molecule has 2 aliphatic carbocycles. The number of halogens is 11. The van der Waals surface area contributed by atoms with Crippen molar-refractivity contribution in [1.29, 1.82) is 0 Å². The van der Waals surface area contributed by atoms with E-state index in [-0.39, 0.29) is 0 Å². The molecule has 0 N–H and O–H groups in total. The van der Waals surface area contributed by atoms with E-state index in [9.17, 15) is 0 Å². The summed E-state index contributed by atoms with van der Waals surface area (Å²) in [7, 11) is 0. The van der Waals surface area contributed by atoms with E-state index < -0.39 is 21.8 Å². The van der Waals surface area contributed by atoms with Crippen LogP contribution in [0.4, 0.5) is 0 Å². The van der Waals surface area contributed by atoms with Gasteiger partial charge in [0.05, 0.1) is 0 Å². The van der Waals surface area contributed by atoms with Gasteiger partial charge in [0.25, 0.3) is 0 Å². The van der Waals surface area contributed by atoms with Crippen LogP contribution in [-0.4, -0.2) is 19.5 Å². The maximum Gasteiger partial charge on any atom is 0.163 e. The van der Waals surface area contributed by atoms with Crippen LogP contribution in [-0.2, 0) is 2.33 Å². The van der Waals surface area contributed by atoms with Gasteiger partial charge in [-0.15, -0.1) is 34.8 Å². The number of hydrogen-bond acceptors (Lipinski definition) is 0. The van der Waals surface area contributed by atoms with Gasteiger partial charge < -0.3 is 0 Å². The predicted octanol–water partition coefficient (Wildman–Crippen LogP) is 9.53. The van der Waals surface area contributed by atoms with E-state index in [2.05, 4.69) is 118 Å². The van der Waals surface area contributed by atoms with Crippen LogP contribution in [0.15, 0.2) is 29.8 Å². The van der Waals surface area contributed by atoms with E-state index in [0.717, 1.165) is 11.1 Å². The molecule has 1 fully saturated rings. The summed E-state index contributed by atoms with van der Waals surface area (Å²) < 4.78 is -7.08. The first-order valence-electron chi connectivity index (χ1n) is 6.48. The van der Waals surface area contributed by atoms with E-state index in [0.29, 0.717) is 5.57 Å². The van der Waals surface area contributed by atoms with Crippen molar-refractivity contribution in [3.63, 3.8) is 0 Å². The Hall–Kier alpha value is 3.73. The molecule has 0 radical (unpaired) electrons. The highest BCUT2D eigenvalue weighted by Crippen LogP contribution is 2.81. The number of rotatable bonds is 0. The van der Waals surface area contributed by atoms with Gasteiger partial charge in [-0.05, 0) is 16.7 Å². The molecule has 11 heteroatoms. The topological polar surface area (TPSA) is 0 Å². The molecule has 0 saturated heterocycles. The SMILES string of the molecule is ClC1(Br)C2=Cc3ccccc3C(Br)(I)C2(Br)C(Cl)(Br)C(Cl)(Br)C1(Cl)Br. The second-order valence-corrected chi connectivity index (χ2v) is 20.0. The van der Waals surface area contributed by atoms with E-state index in [4.69, 9.17) is 46.4 Å². The number of fused-ring (bicyclic) bond motifs is 2. The highest BCUT2D eigenvalue weighted by Gasteiger charge is 2.83. The van der Waals surface area contributed by atoms with Crippen LogP contribution in [0.5, 0.6) is 0 Å². The van der Waals surface area contributed by atoms with E-state index in [1.54, 1.807) is 0 Å². The number of alkyl halides is 11. The molecule has 3 rings (SSSR count). The molecule has 138 valence electrons. The van der Waals surface area contributed by atoms with Gasteiger partial charge in [0, 0.05) is 0 Å². The summed E-state index contributed by atoms with van der Waals surface area (Å²) in [5.41, 5.74) is 2.73. The highest BCUT2D eigenvalue weighted by molar-refractivity contribution is 14.1. The van der Waals surface area contributed by atoms with E-state index in [1.807, 2.05) is 30.3 Å². The zero-order valence-corrected chi connectivity index (χ0v) is 26.2. The van der Waals surface area contributed by atoms with E-state index >= 15 is 0 Å². The van der Waals surface area contributed by atoms with Crippen LogP contribution >= 0.6 is 165 Å². The third-order valence-corrected chi connectivity index (χ3v) is 20.5. The number of benzene rings is 1. The van der Waals surface area contributed by atoms with Crippen LogP contribution in [0.25, 0.3) is 6.08 Å². The van der Waals surface area contributed by atoms with Crippen molar-refractivity contribution in [3.8, 4) is 0 Å². The van der Waals surface area contributed by atoms with Gasteiger partial charge >= 0.3 is 0 Å². The lowest BCUT2D eigenvalue weighted by atomic mass is 9.73. The summed E-state index contributed by atoms with van der Waals surface area (Å²) >= 11 is 52.0. The van der Waals surface area contributed by atoms with Crippen molar-refractivity contribution in [2.45, 2.75) is 21.8 Å². The van der Waals surface area contributed by atoms with Crippen molar-refractivity contribution in [2.75, 3.05) is 0 Å². The average Bonchev–Trinajstić information content (AvgIpc) is 2.49. The minimum Gasteiger partial charge on any atom is -0.102 e. The Morgan fingerprint density at radius 3 is 1.84 bits per heavy atom. The van der Waals surface area contributed by atoms with Crippen LogP contribution < -0.4 is 0 Å². The Morgan fingerprint density at radius 2 is 1.28 bits per heavy atom. The molecule has 1 saturated carbocycles. The van der Waals surface area contributed by atoms with Gasteiger partial charge in [-0.25, -0.2) is 0 Å². The Balaban J connectivity index is 2.49. The van der Waals surface area contributed by atoms with Crippen molar-refractivity contribution >= 4 is 171 Å². The molecular weight excluding hydrogens is 916 g/mol. The zero-order chi connectivity index (χ0) is 19.3. The second-order valence-electron chi connectivity index (χ2n) is 5.68. The average molecular weight is 921 g/mol. The molecule has 0 heterocycles. The minimum atomic E-state index is -1.42. The fraction of sp³-hybridized carbons (Fsp3) is 0.429. The molecule has 6 unspecified atom stereocenters. The van der Waals surface area contributed by atoms with Gasteiger partial charge in [0.15, 0.2) is 15.1 Å². The Labute approximate surface area is 229 Å². The fourth-order valence-corrected chi connectivity index (χ4v) is 12.6. The van der Waals surface area contributed by atoms with Crippen LogP contribution in [0.1, 0.15) is 11.1 Å². The molecule has 2 aliphatic rings. The summed E-state index contributed by atoms with van der Waals surface area (Å²) in [5.74, 6) is 0. The molecule has 1 aromatic carbocycles. The van der Waals surface area contributed by atoms with E-state index in [1.165, 1.54) is 0 Å². The third kappa shape index (κ3) is 2.75. The lowest BCUT2D eigenvalue weighted by Gasteiger charge is -2.64. The van der Waals surface area contributed by atoms with Gasteiger partial charge in [-0.2, -0.15) is 0 Å². The van der Waals surface area contributed by atoms with Crippen LogP contribution in [0, 0.1) is 0 Å². The number of allylic oxidation sites excluding steroid dienone is 1. The summed E-state index contributed by atoms with van der Waals surface area (Å²) in [6.45, 7) is 0. The van der Waals surface area contributed by atoms with Gasteiger partial charge in [-0.1, -0.05) is 160 Å². The summed E-state index contributed by atoms with van der Waals surface area (Å²) in [4.78, 5) is 0. The van der Waals surface area contributed by atoms with Crippen molar-refractivity contribution in [2.24, 2.45) is 0 Å². The summed E-state index contributed by atoms with van der Waals surface area (Å²) in [6, 6.07) is 7.97. The van der Waals surface area contributed by atoms with Crippen LogP contribution in [0.2, 0.25) is 0 Å². The van der Waals surface area contributed by atoms with Crippen molar-refractivity contribution < 1.29 is 0 Å². The summed E-state index contributed by atoms with van der Waals surface area (Å²) in [6.07, 6.45) is 1.97. The maximum absolute atomic E-state index is 7.06. The van der Waals surface area contributed by atoms with Crippen LogP contribution in [0.3, 0.4) is 0 Å². The lowest BCUT2D eigenvalue weighted by molar-refractivity contribution is 0.443. The maximum atomic E-state index is 7.06. The minimum absolute atomic E-state index is 0.702. The Bertz CT molecular complexity index is 791. The first-order valence-corrected chi connectivity index (χ1v) is 13.8. The van der Waals surface area contributed by atoms with Crippen molar-refractivity contribution in [3.05, 3.63) is 41.0 Å². The monoisotopic (exact) mass is 913 g/mol. The summed E-state index contributed by atoms with van der Waals surface area (Å²) in [5, 5.41) is 0. The first kappa shape index (κ1) is 23.4. The molecule has 0 bridgehead atoms. The molecule has 0 aliphatic heterocycles. The largest absolute Gasteiger partial charge is 0.163 e. The van der Waals surface area contributed by atoms with Crippen molar-refractivity contribution in [1.82, 2.24) is 0 Å². The third-order valence-electron chi connectivity index (χ3n) is 4.36. The van der Waals surface area contributed by atoms with Gasteiger partial charge in [-0.3, -0.25) is 0 Å². The standard InChI is InChI=1S/C14H5Br6Cl4I/c15-9-8(5-6-3-1-2-4-7(6)11(9,17)25)10(16,21)13(19,23)14(20,24)12(9,18)22/h1-5H. The fourth-order valence-electron chi connectivity index (χ4n) is 2.97.